The quantitative estimate of drug-likeness (QED) is 0.683. The van der Waals surface area contributed by atoms with E-state index in [1.165, 1.54) is 0 Å². The minimum atomic E-state index is 0.317. The average molecular weight is 193 g/mol. The van der Waals surface area contributed by atoms with E-state index < -0.39 is 0 Å². The molecule has 0 aliphatic carbocycles. The van der Waals surface area contributed by atoms with Crippen molar-refractivity contribution in [3.05, 3.63) is 12.7 Å². The van der Waals surface area contributed by atoms with Crippen molar-refractivity contribution in [3.8, 4) is 6.07 Å². The third-order valence-corrected chi connectivity index (χ3v) is 2.60. The second-order valence-corrected chi connectivity index (χ2v) is 3.96. The van der Waals surface area contributed by atoms with E-state index in [1.807, 2.05) is 6.08 Å². The molecule has 0 bridgehead atoms. The van der Waals surface area contributed by atoms with Gasteiger partial charge in [-0.2, -0.15) is 5.26 Å². The molecule has 3 heteroatoms. The molecule has 2 atom stereocenters. The van der Waals surface area contributed by atoms with Gasteiger partial charge in [0.1, 0.15) is 0 Å². The summed E-state index contributed by atoms with van der Waals surface area (Å²) in [5, 5.41) is 12.2. The van der Waals surface area contributed by atoms with Gasteiger partial charge >= 0.3 is 0 Å². The fourth-order valence-corrected chi connectivity index (χ4v) is 1.90. The summed E-state index contributed by atoms with van der Waals surface area (Å²) in [6.07, 6.45) is 3.67. The number of hydrogen-bond donors (Lipinski definition) is 1. The van der Waals surface area contributed by atoms with Crippen LogP contribution >= 0.6 is 0 Å². The van der Waals surface area contributed by atoms with Crippen LogP contribution in [0.5, 0.6) is 0 Å². The zero-order chi connectivity index (χ0) is 10.4. The third-order valence-electron chi connectivity index (χ3n) is 2.60. The molecule has 14 heavy (non-hydrogen) atoms. The maximum atomic E-state index is 8.68. The molecule has 0 radical (unpaired) electrons. The van der Waals surface area contributed by atoms with Crippen LogP contribution in [0.15, 0.2) is 12.7 Å². The predicted octanol–water partition coefficient (Wildman–Crippen LogP) is 1.14. The molecule has 0 aromatic carbocycles. The Morgan fingerprint density at radius 2 is 2.50 bits per heavy atom. The van der Waals surface area contributed by atoms with Crippen molar-refractivity contribution in [2.24, 2.45) is 0 Å². The van der Waals surface area contributed by atoms with Gasteiger partial charge in [0.15, 0.2) is 0 Å². The van der Waals surface area contributed by atoms with E-state index in [9.17, 15) is 0 Å². The van der Waals surface area contributed by atoms with E-state index in [-0.39, 0.29) is 0 Å². The Balaban J connectivity index is 2.50. The second-order valence-electron chi connectivity index (χ2n) is 3.96. The summed E-state index contributed by atoms with van der Waals surface area (Å²) in [7, 11) is 0. The highest BCUT2D eigenvalue weighted by molar-refractivity contribution is 4.89. The van der Waals surface area contributed by atoms with Crippen molar-refractivity contribution in [1.29, 1.82) is 5.26 Å². The van der Waals surface area contributed by atoms with Crippen LogP contribution in [-0.2, 0) is 0 Å². The Morgan fingerprint density at radius 1 is 1.71 bits per heavy atom. The van der Waals surface area contributed by atoms with E-state index in [0.29, 0.717) is 18.5 Å². The summed E-state index contributed by atoms with van der Waals surface area (Å²) in [5.74, 6) is 0. The molecule has 0 aromatic heterocycles. The Labute approximate surface area is 86.4 Å². The number of rotatable bonds is 3. The lowest BCUT2D eigenvalue weighted by atomic mass is 10.2. The van der Waals surface area contributed by atoms with Crippen LogP contribution in [0.3, 0.4) is 0 Å². The van der Waals surface area contributed by atoms with E-state index in [4.69, 9.17) is 5.26 Å². The number of nitrogens with one attached hydrogen (secondary N) is 1. The highest BCUT2D eigenvalue weighted by Gasteiger charge is 2.19. The van der Waals surface area contributed by atoms with Crippen LogP contribution in [0, 0.1) is 11.3 Å². The average Bonchev–Trinajstić information content (AvgIpc) is 2.30. The van der Waals surface area contributed by atoms with Gasteiger partial charge in [0.2, 0.25) is 0 Å². The molecule has 1 N–H and O–H groups in total. The zero-order valence-electron chi connectivity index (χ0n) is 8.87. The van der Waals surface area contributed by atoms with E-state index in [1.54, 1.807) is 0 Å². The Morgan fingerprint density at radius 3 is 3.14 bits per heavy atom. The van der Waals surface area contributed by atoms with Crippen molar-refractivity contribution in [2.45, 2.75) is 31.8 Å². The fraction of sp³-hybridized carbons (Fsp3) is 0.727. The minimum Gasteiger partial charge on any atom is -0.309 e. The molecular formula is C11H19N3. The molecular weight excluding hydrogens is 174 g/mol. The number of hydrogen-bond acceptors (Lipinski definition) is 3. The molecule has 78 valence electrons. The minimum absolute atomic E-state index is 0.317. The maximum absolute atomic E-state index is 8.68. The van der Waals surface area contributed by atoms with Gasteiger partial charge < -0.3 is 5.32 Å². The molecule has 0 saturated carbocycles. The van der Waals surface area contributed by atoms with Crippen molar-refractivity contribution >= 4 is 0 Å². The maximum Gasteiger partial charge on any atom is 0.0638 e. The van der Waals surface area contributed by atoms with Gasteiger partial charge in [-0.1, -0.05) is 6.08 Å². The smallest absolute Gasteiger partial charge is 0.0638 e. The molecule has 3 nitrogen and oxygen atoms in total. The lowest BCUT2D eigenvalue weighted by Crippen LogP contribution is -2.39. The van der Waals surface area contributed by atoms with Crippen molar-refractivity contribution < 1.29 is 0 Å². The van der Waals surface area contributed by atoms with Gasteiger partial charge in [-0.3, -0.25) is 4.90 Å². The summed E-state index contributed by atoms with van der Waals surface area (Å²) in [5.41, 5.74) is 0. The molecule has 1 fully saturated rings. The molecule has 1 heterocycles. The molecule has 0 amide bonds. The zero-order valence-corrected chi connectivity index (χ0v) is 8.87. The van der Waals surface area contributed by atoms with E-state index in [0.717, 1.165) is 26.1 Å². The summed E-state index contributed by atoms with van der Waals surface area (Å²) >= 11 is 0. The highest BCUT2D eigenvalue weighted by Crippen LogP contribution is 2.07. The normalized spacial score (nSPS) is 29.1. The monoisotopic (exact) mass is 193 g/mol. The van der Waals surface area contributed by atoms with Gasteiger partial charge in [0.25, 0.3) is 0 Å². The number of nitrogens with zero attached hydrogens (tertiary/aromatic N) is 2. The lowest BCUT2D eigenvalue weighted by Gasteiger charge is -2.21. The van der Waals surface area contributed by atoms with Gasteiger partial charge in [-0.25, -0.2) is 0 Å². The van der Waals surface area contributed by atoms with Gasteiger partial charge in [-0.05, 0) is 19.9 Å². The molecule has 2 unspecified atom stereocenters. The first-order valence-electron chi connectivity index (χ1n) is 5.22. The van der Waals surface area contributed by atoms with Gasteiger partial charge in [0.05, 0.1) is 12.5 Å². The van der Waals surface area contributed by atoms with Crippen molar-refractivity contribution in [2.75, 3.05) is 19.6 Å². The van der Waals surface area contributed by atoms with Crippen LogP contribution in [0.2, 0.25) is 0 Å². The van der Waals surface area contributed by atoms with Crippen LogP contribution < -0.4 is 5.32 Å². The Bertz CT molecular complexity index is 219. The fourth-order valence-electron chi connectivity index (χ4n) is 1.90. The topological polar surface area (TPSA) is 39.1 Å². The van der Waals surface area contributed by atoms with Crippen LogP contribution in [0.1, 0.15) is 19.8 Å². The van der Waals surface area contributed by atoms with E-state index in [2.05, 4.69) is 29.8 Å². The SMILES string of the molecule is C=CCN1CCC(C)NC(CC#N)C1. The molecule has 1 aliphatic heterocycles. The molecule has 1 saturated heterocycles. The van der Waals surface area contributed by atoms with Gasteiger partial charge in [0, 0.05) is 25.2 Å². The standard InChI is InChI=1S/C11H19N3/c1-3-7-14-8-5-10(2)13-11(9-14)4-6-12/h3,10-11,13H,1,4-5,7-9H2,2H3. The largest absolute Gasteiger partial charge is 0.309 e. The molecule has 0 aromatic rings. The second kappa shape index (κ2) is 5.79. The molecule has 1 aliphatic rings. The summed E-state index contributed by atoms with van der Waals surface area (Å²) in [4.78, 5) is 2.35. The highest BCUT2D eigenvalue weighted by atomic mass is 15.2. The lowest BCUT2D eigenvalue weighted by molar-refractivity contribution is 0.296. The van der Waals surface area contributed by atoms with Crippen LogP contribution in [0.25, 0.3) is 0 Å². The Kier molecular flexibility index (Phi) is 4.64. The molecule has 1 rings (SSSR count). The third kappa shape index (κ3) is 3.49. The summed E-state index contributed by atoms with van der Waals surface area (Å²) in [6, 6.07) is 3.07. The van der Waals surface area contributed by atoms with Crippen molar-refractivity contribution in [1.82, 2.24) is 10.2 Å². The van der Waals surface area contributed by atoms with Crippen LogP contribution in [-0.4, -0.2) is 36.6 Å². The first-order chi connectivity index (χ1) is 6.76. The summed E-state index contributed by atoms with van der Waals surface area (Å²) in [6.45, 7) is 8.92. The predicted molar refractivity (Wildman–Crippen MR) is 57.9 cm³/mol. The molecule has 0 spiro atoms. The van der Waals surface area contributed by atoms with E-state index >= 15 is 0 Å². The Hall–Kier alpha value is -0.850. The van der Waals surface area contributed by atoms with Crippen molar-refractivity contribution in [3.63, 3.8) is 0 Å². The van der Waals surface area contributed by atoms with Gasteiger partial charge in [-0.15, -0.1) is 6.58 Å². The first-order valence-corrected chi connectivity index (χ1v) is 5.22. The first kappa shape index (κ1) is 11.2. The summed E-state index contributed by atoms with van der Waals surface area (Å²) < 4.78 is 0. The van der Waals surface area contributed by atoms with Crippen LogP contribution in [0.4, 0.5) is 0 Å². The number of nitriles is 1.